The van der Waals surface area contributed by atoms with Crippen LogP contribution in [0.5, 0.6) is 11.5 Å². The number of hydrogen-bond donors (Lipinski definition) is 1. The number of amides is 2. The number of carbonyl (C=O) groups is 2. The Morgan fingerprint density at radius 2 is 1.80 bits per heavy atom. The van der Waals surface area contributed by atoms with Gasteiger partial charge in [-0.3, -0.25) is 9.59 Å². The first-order valence-corrected chi connectivity index (χ1v) is 10.5. The molecule has 2 aromatic carbocycles. The van der Waals surface area contributed by atoms with Crippen molar-refractivity contribution >= 4 is 11.8 Å². The Balaban J connectivity index is 1.45. The number of carbonyl (C=O) groups excluding carboxylic acids is 2. The van der Waals surface area contributed by atoms with Crippen LogP contribution in [-0.4, -0.2) is 43.0 Å². The van der Waals surface area contributed by atoms with E-state index >= 15 is 0 Å². The summed E-state index contributed by atoms with van der Waals surface area (Å²) in [5.41, 5.74) is 3.06. The predicted octanol–water partition coefficient (Wildman–Crippen LogP) is 3.50. The average Bonchev–Trinajstić information content (AvgIpc) is 3.17. The van der Waals surface area contributed by atoms with E-state index in [9.17, 15) is 9.59 Å². The lowest BCUT2D eigenvalue weighted by molar-refractivity contribution is -0.130. The molecule has 0 bridgehead atoms. The molecule has 1 fully saturated rings. The number of aryl methyl sites for hydroxylation is 1. The molecule has 4 rings (SSSR count). The van der Waals surface area contributed by atoms with Gasteiger partial charge in [0.1, 0.15) is 6.10 Å². The third kappa shape index (κ3) is 4.27. The molecule has 30 heavy (non-hydrogen) atoms. The van der Waals surface area contributed by atoms with Gasteiger partial charge in [-0.2, -0.15) is 0 Å². The summed E-state index contributed by atoms with van der Waals surface area (Å²) in [5.74, 6) is 1.15. The summed E-state index contributed by atoms with van der Waals surface area (Å²) < 4.78 is 11.6. The second kappa shape index (κ2) is 8.78. The fraction of sp³-hybridized carbons (Fsp3) is 0.417. The van der Waals surface area contributed by atoms with Crippen molar-refractivity contribution in [2.24, 2.45) is 0 Å². The number of hydrogen-bond acceptors (Lipinski definition) is 4. The van der Waals surface area contributed by atoms with Crippen molar-refractivity contribution in [3.63, 3.8) is 0 Å². The van der Waals surface area contributed by atoms with Crippen molar-refractivity contribution in [1.29, 1.82) is 0 Å². The van der Waals surface area contributed by atoms with Crippen molar-refractivity contribution in [2.75, 3.05) is 20.2 Å². The number of nitrogens with zero attached hydrogens (tertiary/aromatic N) is 1. The predicted molar refractivity (Wildman–Crippen MR) is 114 cm³/mol. The molecule has 1 N–H and O–H groups in total. The van der Waals surface area contributed by atoms with E-state index in [1.165, 1.54) is 11.1 Å². The standard InChI is InChI=1S/C24H28N2O4/c1-16(27)26-13-11-19(12-14-26)30-23-15-18(8-10-22(23)29-2)24(28)25-21-9-7-17-5-3-4-6-20(17)21/h3-6,8,10,15,19,21H,7,9,11-14H2,1-2H3,(H,25,28)/t21-/m0/s1. The second-order valence-electron chi connectivity index (χ2n) is 7.95. The molecular formula is C24H28N2O4. The summed E-state index contributed by atoms with van der Waals surface area (Å²) in [6, 6.07) is 13.6. The zero-order valence-electron chi connectivity index (χ0n) is 17.5. The largest absolute Gasteiger partial charge is 0.493 e. The molecule has 1 aliphatic heterocycles. The number of nitrogens with one attached hydrogen (secondary N) is 1. The van der Waals surface area contributed by atoms with E-state index in [2.05, 4.69) is 17.4 Å². The normalized spacial score (nSPS) is 18.6. The van der Waals surface area contributed by atoms with Gasteiger partial charge >= 0.3 is 0 Å². The molecular weight excluding hydrogens is 380 g/mol. The molecule has 2 amide bonds. The van der Waals surface area contributed by atoms with Gasteiger partial charge in [-0.15, -0.1) is 0 Å². The Bertz CT molecular complexity index is 935. The van der Waals surface area contributed by atoms with Crippen LogP contribution in [0.1, 0.15) is 53.7 Å². The van der Waals surface area contributed by atoms with E-state index in [0.717, 1.165) is 25.7 Å². The van der Waals surface area contributed by atoms with Gasteiger partial charge < -0.3 is 19.7 Å². The van der Waals surface area contributed by atoms with Crippen LogP contribution in [0.4, 0.5) is 0 Å². The second-order valence-corrected chi connectivity index (χ2v) is 7.95. The topological polar surface area (TPSA) is 67.9 Å². The molecule has 1 atom stereocenters. The fourth-order valence-corrected chi connectivity index (χ4v) is 4.33. The Morgan fingerprint density at radius 3 is 2.53 bits per heavy atom. The number of rotatable bonds is 5. The Morgan fingerprint density at radius 1 is 1.03 bits per heavy atom. The van der Waals surface area contributed by atoms with Gasteiger partial charge in [-0.1, -0.05) is 24.3 Å². The molecule has 1 aliphatic carbocycles. The smallest absolute Gasteiger partial charge is 0.251 e. The van der Waals surface area contributed by atoms with Crippen LogP contribution in [0, 0.1) is 0 Å². The van der Waals surface area contributed by atoms with Crippen molar-refractivity contribution in [2.45, 2.75) is 44.8 Å². The fourth-order valence-electron chi connectivity index (χ4n) is 4.33. The molecule has 1 heterocycles. The summed E-state index contributed by atoms with van der Waals surface area (Å²) in [6.07, 6.45) is 3.42. The van der Waals surface area contributed by atoms with E-state index < -0.39 is 0 Å². The third-order valence-electron chi connectivity index (χ3n) is 6.04. The summed E-state index contributed by atoms with van der Waals surface area (Å²) >= 11 is 0. The number of methoxy groups -OCH3 is 1. The van der Waals surface area contributed by atoms with E-state index in [1.807, 2.05) is 17.0 Å². The molecule has 6 nitrogen and oxygen atoms in total. The molecule has 2 aromatic rings. The first-order chi connectivity index (χ1) is 14.5. The zero-order chi connectivity index (χ0) is 21.1. The molecule has 1 saturated heterocycles. The quantitative estimate of drug-likeness (QED) is 0.822. The molecule has 2 aliphatic rings. The van der Waals surface area contributed by atoms with Gasteiger partial charge in [-0.05, 0) is 42.2 Å². The van der Waals surface area contributed by atoms with E-state index in [4.69, 9.17) is 9.47 Å². The highest BCUT2D eigenvalue weighted by Gasteiger charge is 2.26. The van der Waals surface area contributed by atoms with Crippen LogP contribution < -0.4 is 14.8 Å². The van der Waals surface area contributed by atoms with E-state index in [-0.39, 0.29) is 24.0 Å². The van der Waals surface area contributed by atoms with Crippen LogP contribution in [0.15, 0.2) is 42.5 Å². The minimum absolute atomic E-state index is 0.00507. The maximum atomic E-state index is 12.9. The van der Waals surface area contributed by atoms with Crippen LogP contribution in [0.25, 0.3) is 0 Å². The lowest BCUT2D eigenvalue weighted by Crippen LogP contribution is -2.40. The number of fused-ring (bicyclic) bond motifs is 1. The van der Waals surface area contributed by atoms with Gasteiger partial charge in [0.25, 0.3) is 5.91 Å². The van der Waals surface area contributed by atoms with Crippen LogP contribution in [-0.2, 0) is 11.2 Å². The molecule has 0 radical (unpaired) electrons. The van der Waals surface area contributed by atoms with Gasteiger partial charge in [-0.25, -0.2) is 0 Å². The number of likely N-dealkylation sites (tertiary alicyclic amines) is 1. The molecule has 158 valence electrons. The maximum absolute atomic E-state index is 12.9. The summed E-state index contributed by atoms with van der Waals surface area (Å²) in [4.78, 5) is 26.3. The Hall–Kier alpha value is -3.02. The highest BCUT2D eigenvalue weighted by molar-refractivity contribution is 5.95. The average molecular weight is 408 g/mol. The van der Waals surface area contributed by atoms with Crippen LogP contribution in [0.3, 0.4) is 0 Å². The maximum Gasteiger partial charge on any atom is 0.251 e. The highest BCUT2D eigenvalue weighted by atomic mass is 16.5. The van der Waals surface area contributed by atoms with Crippen LogP contribution >= 0.6 is 0 Å². The number of ether oxygens (including phenoxy) is 2. The Kier molecular flexibility index (Phi) is 5.93. The minimum atomic E-state index is -0.115. The minimum Gasteiger partial charge on any atom is -0.493 e. The van der Waals surface area contributed by atoms with Gasteiger partial charge in [0.05, 0.1) is 13.2 Å². The first kappa shape index (κ1) is 20.3. The van der Waals surface area contributed by atoms with E-state index in [0.29, 0.717) is 30.2 Å². The van der Waals surface area contributed by atoms with Gasteiger partial charge in [0.15, 0.2) is 11.5 Å². The molecule has 0 spiro atoms. The van der Waals surface area contributed by atoms with Crippen molar-refractivity contribution in [3.8, 4) is 11.5 Å². The van der Waals surface area contributed by atoms with Crippen LogP contribution in [0.2, 0.25) is 0 Å². The lowest BCUT2D eigenvalue weighted by Gasteiger charge is -2.31. The number of benzene rings is 2. The van der Waals surface area contributed by atoms with E-state index in [1.54, 1.807) is 32.2 Å². The molecule has 0 saturated carbocycles. The summed E-state index contributed by atoms with van der Waals surface area (Å²) in [5, 5.41) is 3.16. The van der Waals surface area contributed by atoms with Crippen molar-refractivity contribution in [3.05, 3.63) is 59.2 Å². The number of piperidine rings is 1. The SMILES string of the molecule is COc1ccc(C(=O)N[C@H]2CCc3ccccc32)cc1OC1CCN(C(C)=O)CC1. The summed E-state index contributed by atoms with van der Waals surface area (Å²) in [7, 11) is 1.59. The third-order valence-corrected chi connectivity index (χ3v) is 6.04. The summed E-state index contributed by atoms with van der Waals surface area (Å²) in [6.45, 7) is 2.96. The van der Waals surface area contributed by atoms with Crippen molar-refractivity contribution in [1.82, 2.24) is 10.2 Å². The van der Waals surface area contributed by atoms with Gasteiger partial charge in [0, 0.05) is 38.4 Å². The van der Waals surface area contributed by atoms with Gasteiger partial charge in [0.2, 0.25) is 5.91 Å². The highest BCUT2D eigenvalue weighted by Crippen LogP contribution is 2.33. The molecule has 6 heteroatoms. The molecule has 0 aromatic heterocycles. The monoisotopic (exact) mass is 408 g/mol. The lowest BCUT2D eigenvalue weighted by atomic mass is 10.1. The first-order valence-electron chi connectivity index (χ1n) is 10.5. The van der Waals surface area contributed by atoms with Crippen molar-refractivity contribution < 1.29 is 19.1 Å². The molecule has 0 unspecified atom stereocenters. The Labute approximate surface area is 177 Å². The zero-order valence-corrected chi connectivity index (χ0v) is 17.5.